The summed E-state index contributed by atoms with van der Waals surface area (Å²) in [4.78, 5) is 2.83. The number of hydrogen-bond acceptors (Lipinski definition) is 6. The zero-order chi connectivity index (χ0) is 20.6. The highest BCUT2D eigenvalue weighted by molar-refractivity contribution is 8.33. The second-order valence-electron chi connectivity index (χ2n) is 6.48. The van der Waals surface area contributed by atoms with Crippen LogP contribution in [0.2, 0.25) is 0 Å². The Labute approximate surface area is 159 Å². The molecule has 6 nitrogen and oxygen atoms in total. The van der Waals surface area contributed by atoms with E-state index in [0.29, 0.717) is 30.8 Å². The highest BCUT2D eigenvalue weighted by Gasteiger charge is 2.39. The minimum atomic E-state index is -7.83. The maximum atomic E-state index is 12.9. The molecule has 0 bridgehead atoms. The van der Waals surface area contributed by atoms with Crippen molar-refractivity contribution in [3.05, 3.63) is 47.7 Å². The van der Waals surface area contributed by atoms with Gasteiger partial charge in [0.2, 0.25) is 0 Å². The average molecular weight is 420 g/mol. The second kappa shape index (κ2) is 7.32. The Morgan fingerprint density at radius 3 is 2.36 bits per heavy atom. The topological polar surface area (TPSA) is 101 Å². The van der Waals surface area contributed by atoms with Gasteiger partial charge in [0.15, 0.2) is 10.7 Å². The summed E-state index contributed by atoms with van der Waals surface area (Å²) in [6.45, 7) is 0.585. The van der Waals surface area contributed by atoms with Crippen LogP contribution in [0.1, 0.15) is 17.2 Å². The predicted octanol–water partition coefficient (Wildman–Crippen LogP) is 3.41. The molecule has 3 rings (SSSR count). The molecule has 11 heteroatoms. The average Bonchev–Trinajstić information content (AvgIpc) is 2.58. The summed E-state index contributed by atoms with van der Waals surface area (Å²) in [5.74, 6) is 0.0483. The largest absolute Gasteiger partial charge is 0.393 e. The molecule has 0 saturated carbocycles. The predicted molar refractivity (Wildman–Crippen MR) is 101 cm³/mol. The van der Waals surface area contributed by atoms with Crippen molar-refractivity contribution in [3.63, 3.8) is 0 Å². The van der Waals surface area contributed by atoms with E-state index < -0.39 is 28.3 Å². The van der Waals surface area contributed by atoms with Gasteiger partial charge in [-0.25, -0.2) is 4.98 Å². The number of aliphatic hydroxyl groups excluding tert-OH is 2. The second-order valence-corrected chi connectivity index (χ2v) is 8.44. The van der Waals surface area contributed by atoms with Gasteiger partial charge in [-0.3, -0.25) is 0 Å². The van der Waals surface area contributed by atoms with Crippen LogP contribution in [-0.4, -0.2) is 40.6 Å². The number of anilines is 2. The molecule has 154 valence electrons. The van der Waals surface area contributed by atoms with Gasteiger partial charge >= 0.3 is 0 Å². The van der Waals surface area contributed by atoms with Crippen molar-refractivity contribution in [2.24, 2.45) is 5.92 Å². The van der Waals surface area contributed by atoms with E-state index in [2.05, 4.69) is 15.6 Å². The van der Waals surface area contributed by atoms with Crippen LogP contribution in [0.25, 0.3) is 0 Å². The Balaban J connectivity index is 1.96. The Hall–Kier alpha value is -2.21. The van der Waals surface area contributed by atoms with Crippen LogP contribution in [0, 0.1) is 11.3 Å². The molecule has 1 saturated heterocycles. The lowest BCUT2D eigenvalue weighted by atomic mass is 9.88. The Bertz CT molecular complexity index is 876. The summed E-state index contributed by atoms with van der Waals surface area (Å²) in [7, 11) is -7.83. The monoisotopic (exact) mass is 420 g/mol. The molecule has 5 N–H and O–H groups in total. The third kappa shape index (κ3) is 4.27. The fraction of sp³-hybridized carbons (Fsp3) is 0.294. The minimum absolute atomic E-state index is 0.112. The van der Waals surface area contributed by atoms with E-state index in [1.54, 1.807) is 0 Å². The molecule has 0 amide bonds. The fourth-order valence-corrected chi connectivity index (χ4v) is 3.43. The molecule has 0 radical (unpaired) electrons. The molecule has 2 aromatic rings. The van der Waals surface area contributed by atoms with E-state index >= 15 is 0 Å². The molecule has 0 spiro atoms. The maximum absolute atomic E-state index is 12.9. The zero-order valence-corrected chi connectivity index (χ0v) is 15.4. The number of pyridine rings is 1. The van der Waals surface area contributed by atoms with Crippen LogP contribution in [-0.2, 0) is 0 Å². The molecule has 2 heterocycles. The molecular weight excluding hydrogens is 400 g/mol. The number of rotatable bonds is 7. The standard InChI is InChI=1S/C17H20F4N4O2S/c18-28(19,20,21)12-3-1-11(2-4-12)25-17-15(16(22)10-7-23-8-10)13(5-6-24-17)14(27)9-26/h1-6,10,14,22-23,26-28H,7-9H2,(H,24,25). The first kappa shape index (κ1) is 20.5. The summed E-state index contributed by atoms with van der Waals surface area (Å²) in [5, 5.41) is 33.7. The smallest absolute Gasteiger partial charge is 0.179 e. The molecule has 1 unspecified atom stereocenters. The summed E-state index contributed by atoms with van der Waals surface area (Å²) in [5.41, 5.74) is 0.983. The lowest BCUT2D eigenvalue weighted by Crippen LogP contribution is -2.47. The Kier molecular flexibility index (Phi) is 5.36. The number of aliphatic hydroxyl groups is 2. The fourth-order valence-electron chi connectivity index (χ4n) is 2.83. The van der Waals surface area contributed by atoms with Gasteiger partial charge in [0.25, 0.3) is 0 Å². The molecule has 28 heavy (non-hydrogen) atoms. The van der Waals surface area contributed by atoms with E-state index in [0.717, 1.165) is 12.1 Å². The lowest BCUT2D eigenvalue weighted by Gasteiger charge is -2.30. The summed E-state index contributed by atoms with van der Waals surface area (Å²) in [6, 6.07) is 4.92. The maximum Gasteiger partial charge on any atom is 0.179 e. The number of aromatic nitrogens is 1. The quantitative estimate of drug-likeness (QED) is 0.234. The first-order valence-corrected chi connectivity index (χ1v) is 10.2. The van der Waals surface area contributed by atoms with Crippen LogP contribution in [0.15, 0.2) is 41.4 Å². The zero-order valence-electron chi connectivity index (χ0n) is 14.5. The van der Waals surface area contributed by atoms with Gasteiger partial charge in [-0.2, -0.15) is 0 Å². The lowest BCUT2D eigenvalue weighted by molar-refractivity contribution is 0.0954. The van der Waals surface area contributed by atoms with Crippen LogP contribution >= 0.6 is 10.7 Å². The van der Waals surface area contributed by atoms with Gasteiger partial charge in [0.1, 0.15) is 11.9 Å². The number of thiol groups is 1. The third-order valence-corrected chi connectivity index (χ3v) is 5.57. The van der Waals surface area contributed by atoms with Crippen molar-refractivity contribution in [2.75, 3.05) is 25.0 Å². The van der Waals surface area contributed by atoms with E-state index in [1.807, 2.05) is 0 Å². The van der Waals surface area contributed by atoms with Gasteiger partial charge in [-0.1, -0.05) is 0 Å². The third-order valence-electron chi connectivity index (χ3n) is 4.49. The van der Waals surface area contributed by atoms with Crippen molar-refractivity contribution < 1.29 is 25.8 Å². The molecule has 1 fully saturated rings. The van der Waals surface area contributed by atoms with E-state index in [9.17, 15) is 25.8 Å². The SMILES string of the molecule is N=C(c1c(C(O)CO)ccnc1Nc1ccc([SH](F)(F)(F)F)cc1)C1CNC1. The molecule has 1 atom stereocenters. The summed E-state index contributed by atoms with van der Waals surface area (Å²) >= 11 is 0. The van der Waals surface area contributed by atoms with Crippen molar-refractivity contribution in [2.45, 2.75) is 11.0 Å². The van der Waals surface area contributed by atoms with E-state index in [4.69, 9.17) is 5.41 Å². The van der Waals surface area contributed by atoms with Gasteiger partial charge in [-0.05, 0) is 35.9 Å². The highest BCUT2D eigenvalue weighted by atomic mass is 32.4. The number of nitrogens with zero attached hydrogens (tertiary/aromatic N) is 1. The van der Waals surface area contributed by atoms with E-state index in [1.165, 1.54) is 12.3 Å². The van der Waals surface area contributed by atoms with Crippen molar-refractivity contribution in [1.29, 1.82) is 5.41 Å². The van der Waals surface area contributed by atoms with Gasteiger partial charge in [0, 0.05) is 42.2 Å². The first-order valence-electron chi connectivity index (χ1n) is 8.41. The van der Waals surface area contributed by atoms with E-state index in [-0.39, 0.29) is 28.7 Å². The number of hydrogen-bond donors (Lipinski definition) is 6. The van der Waals surface area contributed by atoms with Crippen LogP contribution in [0.5, 0.6) is 0 Å². The number of halogens is 4. The number of nitrogens with one attached hydrogen (secondary N) is 3. The van der Waals surface area contributed by atoms with Crippen molar-refractivity contribution in [1.82, 2.24) is 10.3 Å². The number of benzene rings is 1. The van der Waals surface area contributed by atoms with Crippen molar-refractivity contribution in [3.8, 4) is 0 Å². The minimum Gasteiger partial charge on any atom is -0.393 e. The van der Waals surface area contributed by atoms with Crippen molar-refractivity contribution >= 4 is 27.9 Å². The molecular formula is C17H20F4N4O2S. The van der Waals surface area contributed by atoms with Gasteiger partial charge < -0.3 is 26.3 Å². The van der Waals surface area contributed by atoms with Crippen LogP contribution < -0.4 is 10.6 Å². The summed E-state index contributed by atoms with van der Waals surface area (Å²) < 4.78 is 51.5. The first-order chi connectivity index (χ1) is 13.1. The summed E-state index contributed by atoms with van der Waals surface area (Å²) in [6.07, 6.45) is 0.121. The molecule has 0 aliphatic carbocycles. The molecule has 1 aliphatic heterocycles. The van der Waals surface area contributed by atoms with Crippen LogP contribution in [0.4, 0.5) is 27.0 Å². The van der Waals surface area contributed by atoms with Gasteiger partial charge in [0.05, 0.1) is 11.5 Å². The van der Waals surface area contributed by atoms with Gasteiger partial charge in [-0.15, -0.1) is 15.5 Å². The normalized spacial score (nSPS) is 17.3. The Morgan fingerprint density at radius 1 is 1.21 bits per heavy atom. The Morgan fingerprint density at radius 2 is 1.86 bits per heavy atom. The highest BCUT2D eigenvalue weighted by Crippen LogP contribution is 2.81. The molecule has 1 aromatic heterocycles. The molecule has 1 aliphatic rings. The molecule has 1 aromatic carbocycles. The van der Waals surface area contributed by atoms with Crippen LogP contribution in [0.3, 0.4) is 0 Å².